The van der Waals surface area contributed by atoms with Crippen LogP contribution in [0.2, 0.25) is 0 Å². The van der Waals surface area contributed by atoms with Crippen molar-refractivity contribution < 1.29 is 4.43 Å². The maximum absolute atomic E-state index is 6.24. The highest BCUT2D eigenvalue weighted by Gasteiger charge is 2.27. The van der Waals surface area contributed by atoms with Crippen molar-refractivity contribution in [2.75, 3.05) is 0 Å². The molecule has 0 radical (unpaired) electrons. The summed E-state index contributed by atoms with van der Waals surface area (Å²) in [6, 6.07) is 0. The van der Waals surface area contributed by atoms with E-state index in [2.05, 4.69) is 50.7 Å². The van der Waals surface area contributed by atoms with Crippen molar-refractivity contribution in [3.63, 3.8) is 0 Å². The van der Waals surface area contributed by atoms with E-state index in [-0.39, 0.29) is 6.10 Å². The van der Waals surface area contributed by atoms with Gasteiger partial charge < -0.3 is 4.43 Å². The molecule has 0 heterocycles. The van der Waals surface area contributed by atoms with Crippen LogP contribution in [0.1, 0.15) is 34.6 Å². The Bertz CT molecular complexity index is 390. The largest absolute Gasteiger partial charge is 0.403 e. The van der Waals surface area contributed by atoms with E-state index in [1.807, 2.05) is 39.0 Å². The van der Waals surface area contributed by atoms with Crippen LogP contribution in [0.25, 0.3) is 0 Å². The van der Waals surface area contributed by atoms with Gasteiger partial charge in [0.25, 0.3) is 8.32 Å². The topological polar surface area (TPSA) is 9.23 Å². The third-order valence-corrected chi connectivity index (χ3v) is 5.27. The molecule has 0 rings (SSSR count). The van der Waals surface area contributed by atoms with Crippen LogP contribution in [0.3, 0.4) is 0 Å². The van der Waals surface area contributed by atoms with Crippen molar-refractivity contribution in [1.29, 1.82) is 0 Å². The average molecular weight is 289 g/mol. The van der Waals surface area contributed by atoms with Crippen molar-refractivity contribution in [2.24, 2.45) is 0 Å². The molecule has 0 aliphatic carbocycles. The van der Waals surface area contributed by atoms with Crippen LogP contribution >= 0.6 is 0 Å². The second kappa shape index (κ2) is 8.72. The molecule has 0 aromatic heterocycles. The summed E-state index contributed by atoms with van der Waals surface area (Å²) in [4.78, 5) is 0. The first-order valence-electron chi connectivity index (χ1n) is 6.89. The zero-order valence-corrected chi connectivity index (χ0v) is 14.6. The molecule has 0 saturated carbocycles. The van der Waals surface area contributed by atoms with Gasteiger partial charge in [0.2, 0.25) is 0 Å². The maximum atomic E-state index is 6.24. The second-order valence-electron chi connectivity index (χ2n) is 5.56. The van der Waals surface area contributed by atoms with Gasteiger partial charge in [0.05, 0.1) is 0 Å². The molecule has 0 bridgehead atoms. The first kappa shape index (κ1) is 18.6. The normalized spacial score (nSPS) is 15.3. The number of rotatable bonds is 8. The highest BCUT2D eigenvalue weighted by Crippen LogP contribution is 2.17. The Morgan fingerprint density at radius 1 is 0.800 bits per heavy atom. The second-order valence-corrected chi connectivity index (χ2v) is 8.50. The van der Waals surface area contributed by atoms with Crippen LogP contribution in [0.5, 0.6) is 0 Å². The number of hydrogen-bond acceptors (Lipinski definition) is 1. The zero-order chi connectivity index (χ0) is 15.8. The molecule has 20 heavy (non-hydrogen) atoms. The van der Waals surface area contributed by atoms with Crippen molar-refractivity contribution in [3.05, 3.63) is 71.8 Å². The van der Waals surface area contributed by atoms with Crippen molar-refractivity contribution in [1.82, 2.24) is 0 Å². The van der Waals surface area contributed by atoms with Crippen molar-refractivity contribution >= 4 is 8.32 Å². The summed E-state index contributed by atoms with van der Waals surface area (Å²) in [7, 11) is -2.27. The predicted molar refractivity (Wildman–Crippen MR) is 93.8 cm³/mol. The van der Waals surface area contributed by atoms with E-state index < -0.39 is 8.32 Å². The van der Waals surface area contributed by atoms with Crippen LogP contribution in [-0.4, -0.2) is 14.4 Å². The molecule has 0 fully saturated rings. The highest BCUT2D eigenvalue weighted by molar-refractivity contribution is 6.88. The van der Waals surface area contributed by atoms with Gasteiger partial charge in [-0.3, -0.25) is 0 Å². The van der Waals surface area contributed by atoms with E-state index in [4.69, 9.17) is 4.43 Å². The van der Waals surface area contributed by atoms with Crippen LogP contribution in [0.15, 0.2) is 71.8 Å². The fraction of sp³-hybridized carbons (Fsp3) is 0.333. The average Bonchev–Trinajstić information content (AvgIpc) is 2.30. The quantitative estimate of drug-likeness (QED) is 0.431. The summed E-state index contributed by atoms with van der Waals surface area (Å²) in [5, 5.41) is 0. The molecule has 0 N–H and O–H groups in total. The third-order valence-electron chi connectivity index (χ3n) is 2.32. The molecule has 0 aromatic carbocycles. The summed E-state index contributed by atoms with van der Waals surface area (Å²) in [6.45, 7) is 21.8. The fourth-order valence-electron chi connectivity index (χ4n) is 1.51. The first-order chi connectivity index (χ1) is 9.17. The summed E-state index contributed by atoms with van der Waals surface area (Å²) in [5.74, 6) is 0. The van der Waals surface area contributed by atoms with E-state index in [0.29, 0.717) is 0 Å². The van der Waals surface area contributed by atoms with Gasteiger partial charge in [-0.05, 0) is 34.6 Å². The lowest BCUT2D eigenvalue weighted by Crippen LogP contribution is -2.35. The van der Waals surface area contributed by atoms with Crippen LogP contribution < -0.4 is 0 Å². The van der Waals surface area contributed by atoms with E-state index >= 15 is 0 Å². The smallest absolute Gasteiger partial charge is 0.266 e. The molecular weight excluding hydrogens is 260 g/mol. The molecule has 1 nitrogen and oxygen atoms in total. The molecular formula is C18H28OSi. The zero-order valence-electron chi connectivity index (χ0n) is 13.6. The molecule has 0 aliphatic heterocycles. The van der Waals surface area contributed by atoms with Crippen molar-refractivity contribution in [2.45, 2.75) is 40.7 Å². The Hall–Kier alpha value is -1.38. The minimum absolute atomic E-state index is 0.154. The molecule has 0 unspecified atom stereocenters. The molecule has 0 amide bonds. The van der Waals surface area contributed by atoms with E-state index in [1.165, 1.54) is 0 Å². The van der Waals surface area contributed by atoms with E-state index in [0.717, 1.165) is 16.7 Å². The standard InChI is InChI=1S/C18H28OSi/c1-15(2)9-12-20(19-18(7)8,13-10-16(3)4)14-11-17(5)6/h9-14,18H,1,3,5H2,2,4,6-8H3. The lowest BCUT2D eigenvalue weighted by Gasteiger charge is -2.24. The van der Waals surface area contributed by atoms with Gasteiger partial charge in [-0.2, -0.15) is 0 Å². The van der Waals surface area contributed by atoms with Crippen LogP contribution in [0.4, 0.5) is 0 Å². The molecule has 2 heteroatoms. The summed E-state index contributed by atoms with van der Waals surface area (Å²) < 4.78 is 6.24. The summed E-state index contributed by atoms with van der Waals surface area (Å²) in [6.07, 6.45) is 6.24. The predicted octanol–water partition coefficient (Wildman–Crippen LogP) is 5.37. The van der Waals surface area contributed by atoms with E-state index in [9.17, 15) is 0 Å². The molecule has 110 valence electrons. The third kappa shape index (κ3) is 8.67. The Labute approximate surface area is 125 Å². The highest BCUT2D eigenvalue weighted by atomic mass is 28.4. The van der Waals surface area contributed by atoms with Crippen LogP contribution in [-0.2, 0) is 4.43 Å². The van der Waals surface area contributed by atoms with Crippen molar-refractivity contribution in [3.8, 4) is 0 Å². The van der Waals surface area contributed by atoms with Crippen LogP contribution in [0, 0.1) is 0 Å². The molecule has 0 spiro atoms. The van der Waals surface area contributed by atoms with Gasteiger partial charge in [0, 0.05) is 6.10 Å². The molecule has 0 saturated heterocycles. The Morgan fingerprint density at radius 3 is 1.30 bits per heavy atom. The molecule has 0 aromatic rings. The van der Waals surface area contributed by atoms with Gasteiger partial charge in [-0.15, -0.1) is 0 Å². The van der Waals surface area contributed by atoms with E-state index in [1.54, 1.807) is 0 Å². The van der Waals surface area contributed by atoms with Gasteiger partial charge in [-0.25, -0.2) is 0 Å². The van der Waals surface area contributed by atoms with Gasteiger partial charge in [0.1, 0.15) is 0 Å². The summed E-state index contributed by atoms with van der Waals surface area (Å²) in [5.41, 5.74) is 9.49. The van der Waals surface area contributed by atoms with Gasteiger partial charge in [0.15, 0.2) is 0 Å². The Kier molecular flexibility index (Phi) is 8.12. The fourth-order valence-corrected chi connectivity index (χ4v) is 4.53. The lowest BCUT2D eigenvalue weighted by molar-refractivity contribution is 0.243. The molecule has 0 aliphatic rings. The minimum atomic E-state index is -2.27. The maximum Gasteiger partial charge on any atom is 0.266 e. The SMILES string of the molecule is C=C(C)C=C[Si](C=CC(=C)C)(C=CC(=C)C)OC(C)C. The Morgan fingerprint density at radius 2 is 1.10 bits per heavy atom. The first-order valence-corrected chi connectivity index (χ1v) is 9.03. The van der Waals surface area contributed by atoms with Gasteiger partial charge in [-0.1, -0.05) is 71.8 Å². The summed E-state index contributed by atoms with van der Waals surface area (Å²) >= 11 is 0. The molecule has 0 atom stereocenters. The number of hydrogen-bond donors (Lipinski definition) is 0. The Balaban J connectivity index is 5.66. The lowest BCUT2D eigenvalue weighted by atomic mass is 10.4. The monoisotopic (exact) mass is 288 g/mol. The minimum Gasteiger partial charge on any atom is -0.403 e. The number of allylic oxidation sites excluding steroid dienone is 6. The van der Waals surface area contributed by atoms with Gasteiger partial charge >= 0.3 is 0 Å².